The molecule has 0 aliphatic heterocycles. The molecule has 0 aliphatic rings. The Labute approximate surface area is 186 Å². The Morgan fingerprint density at radius 2 is 1.71 bits per heavy atom. The third-order valence-corrected chi connectivity index (χ3v) is 6.36. The summed E-state index contributed by atoms with van der Waals surface area (Å²) in [5.74, 6) is 0.854. The average Bonchev–Trinajstić information content (AvgIpc) is 3.18. The first kappa shape index (κ1) is 21.0. The van der Waals surface area contributed by atoms with Crippen molar-refractivity contribution in [3.8, 4) is 11.4 Å². The minimum absolute atomic E-state index is 0.0906. The van der Waals surface area contributed by atoms with Crippen LogP contribution < -0.4 is 0 Å². The van der Waals surface area contributed by atoms with Gasteiger partial charge in [0.25, 0.3) is 0 Å². The predicted molar refractivity (Wildman–Crippen MR) is 124 cm³/mol. The van der Waals surface area contributed by atoms with Gasteiger partial charge in [-0.05, 0) is 55.7 Å². The molecule has 156 valence electrons. The molecule has 0 spiro atoms. The number of ketones is 1. The van der Waals surface area contributed by atoms with Gasteiger partial charge in [0.1, 0.15) is 0 Å². The molecule has 0 aliphatic carbocycles. The van der Waals surface area contributed by atoms with Crippen LogP contribution in [0, 0.1) is 13.8 Å². The number of carbonyl (C=O) groups is 1. The second kappa shape index (κ2) is 9.27. The highest BCUT2D eigenvalue weighted by Gasteiger charge is 2.22. The van der Waals surface area contributed by atoms with Crippen molar-refractivity contribution in [2.24, 2.45) is 0 Å². The van der Waals surface area contributed by atoms with Crippen LogP contribution in [0.1, 0.15) is 34.0 Å². The summed E-state index contributed by atoms with van der Waals surface area (Å²) in [6.07, 6.45) is 3.49. The summed E-state index contributed by atoms with van der Waals surface area (Å²) in [6.45, 7) is 6.63. The minimum Gasteiger partial charge on any atom is -0.298 e. The zero-order valence-electron chi connectivity index (χ0n) is 17.8. The molecule has 2 aromatic heterocycles. The van der Waals surface area contributed by atoms with Crippen molar-refractivity contribution in [2.75, 3.05) is 0 Å². The van der Waals surface area contributed by atoms with Gasteiger partial charge in [0.05, 0.1) is 11.8 Å². The molecule has 0 N–H and O–H groups in total. The summed E-state index contributed by atoms with van der Waals surface area (Å²) in [5.41, 5.74) is 5.12. The maximum Gasteiger partial charge on any atom is 0.192 e. The third-order valence-electron chi connectivity index (χ3n) is 5.28. The highest BCUT2D eigenvalue weighted by Crippen LogP contribution is 2.29. The first-order valence-corrected chi connectivity index (χ1v) is 11.1. The first-order valence-electron chi connectivity index (χ1n) is 10.2. The number of nitrogens with zero attached hydrogens (tertiary/aromatic N) is 4. The van der Waals surface area contributed by atoms with Crippen molar-refractivity contribution in [2.45, 2.75) is 37.7 Å². The van der Waals surface area contributed by atoms with E-state index in [2.05, 4.69) is 38.8 Å². The van der Waals surface area contributed by atoms with Crippen molar-refractivity contribution >= 4 is 17.5 Å². The summed E-state index contributed by atoms with van der Waals surface area (Å²) in [5, 5.41) is 9.32. The lowest BCUT2D eigenvalue weighted by atomic mass is 10.0. The lowest BCUT2D eigenvalue weighted by Crippen LogP contribution is -2.15. The largest absolute Gasteiger partial charge is 0.298 e. The van der Waals surface area contributed by atoms with E-state index in [1.54, 1.807) is 12.4 Å². The van der Waals surface area contributed by atoms with Gasteiger partial charge in [-0.3, -0.25) is 14.3 Å². The van der Waals surface area contributed by atoms with E-state index in [9.17, 15) is 4.79 Å². The third kappa shape index (κ3) is 4.75. The molecule has 4 aromatic rings. The molecular weight excluding hydrogens is 404 g/mol. The fourth-order valence-corrected chi connectivity index (χ4v) is 4.27. The number of hydrogen-bond donors (Lipinski definition) is 0. The zero-order valence-corrected chi connectivity index (χ0v) is 18.6. The number of thioether (sulfide) groups is 1. The van der Waals surface area contributed by atoms with Gasteiger partial charge in [-0.25, -0.2) is 0 Å². The number of rotatable bonds is 7. The molecule has 6 heteroatoms. The summed E-state index contributed by atoms with van der Waals surface area (Å²) in [6, 6.07) is 19.9. The number of pyridine rings is 1. The number of carbonyl (C=O) groups excluding carboxylic acids is 1. The molecule has 0 bridgehead atoms. The molecule has 0 fully saturated rings. The minimum atomic E-state index is -0.286. The van der Waals surface area contributed by atoms with Crippen LogP contribution in [0.2, 0.25) is 0 Å². The molecule has 0 saturated carbocycles. The van der Waals surface area contributed by atoms with Crippen LogP contribution in [0.5, 0.6) is 0 Å². The standard InChI is InChI=1S/C25H24N4OS/c1-17-9-10-22(15-18(17)2)23(30)19(3)31-25-28-27-24(21-11-13-26-14-12-21)29(25)16-20-7-5-4-6-8-20/h4-15,19H,16H2,1-3H3. The summed E-state index contributed by atoms with van der Waals surface area (Å²) in [4.78, 5) is 17.2. The Hall–Kier alpha value is -3.25. The topological polar surface area (TPSA) is 60.7 Å². The maximum atomic E-state index is 13.1. The van der Waals surface area contributed by atoms with Crippen LogP contribution in [0.15, 0.2) is 78.2 Å². The molecular formula is C25H24N4OS. The molecule has 0 amide bonds. The number of hydrogen-bond acceptors (Lipinski definition) is 5. The second-order valence-electron chi connectivity index (χ2n) is 7.54. The van der Waals surface area contributed by atoms with Gasteiger partial charge in [-0.1, -0.05) is 54.2 Å². The fraction of sp³-hybridized carbons (Fsp3) is 0.200. The lowest BCUT2D eigenvalue weighted by molar-refractivity contribution is 0.0993. The van der Waals surface area contributed by atoms with E-state index in [0.29, 0.717) is 6.54 Å². The van der Waals surface area contributed by atoms with Crippen molar-refractivity contribution in [1.82, 2.24) is 19.7 Å². The Kier molecular flexibility index (Phi) is 6.28. The fourth-order valence-electron chi connectivity index (χ4n) is 3.34. The van der Waals surface area contributed by atoms with E-state index < -0.39 is 0 Å². The van der Waals surface area contributed by atoms with Crippen LogP contribution in [0.3, 0.4) is 0 Å². The van der Waals surface area contributed by atoms with Crippen molar-refractivity contribution in [3.63, 3.8) is 0 Å². The molecule has 31 heavy (non-hydrogen) atoms. The van der Waals surface area contributed by atoms with E-state index in [4.69, 9.17) is 0 Å². The zero-order chi connectivity index (χ0) is 21.8. The summed E-state index contributed by atoms with van der Waals surface area (Å²) >= 11 is 1.44. The number of Topliss-reactive ketones (excluding diaryl/α,β-unsaturated/α-hetero) is 1. The second-order valence-corrected chi connectivity index (χ2v) is 8.85. The van der Waals surface area contributed by atoms with Gasteiger partial charge in [0.2, 0.25) is 0 Å². The van der Waals surface area contributed by atoms with Gasteiger partial charge in [-0.2, -0.15) is 0 Å². The van der Waals surface area contributed by atoms with E-state index in [1.807, 2.05) is 62.4 Å². The lowest BCUT2D eigenvalue weighted by Gasteiger charge is -2.14. The van der Waals surface area contributed by atoms with E-state index in [1.165, 1.54) is 17.3 Å². The van der Waals surface area contributed by atoms with Gasteiger partial charge in [0.15, 0.2) is 16.8 Å². The van der Waals surface area contributed by atoms with Gasteiger partial charge in [0, 0.05) is 23.5 Å². The number of aromatic nitrogens is 4. The Morgan fingerprint density at radius 1 is 0.968 bits per heavy atom. The predicted octanol–water partition coefficient (Wildman–Crippen LogP) is 5.37. The highest BCUT2D eigenvalue weighted by molar-refractivity contribution is 8.00. The van der Waals surface area contributed by atoms with Crippen molar-refractivity contribution in [3.05, 3.63) is 95.3 Å². The summed E-state index contributed by atoms with van der Waals surface area (Å²) < 4.78 is 2.07. The van der Waals surface area contributed by atoms with Gasteiger partial charge < -0.3 is 0 Å². The van der Waals surface area contributed by atoms with Gasteiger partial charge >= 0.3 is 0 Å². The molecule has 2 heterocycles. The molecule has 5 nitrogen and oxygen atoms in total. The average molecular weight is 429 g/mol. The normalized spacial score (nSPS) is 12.0. The quantitative estimate of drug-likeness (QED) is 0.293. The Balaban J connectivity index is 1.65. The van der Waals surface area contributed by atoms with Crippen molar-refractivity contribution in [1.29, 1.82) is 0 Å². The Morgan fingerprint density at radius 3 is 2.42 bits per heavy atom. The summed E-state index contributed by atoms with van der Waals surface area (Å²) in [7, 11) is 0. The number of benzene rings is 2. The van der Waals surface area contributed by atoms with Crippen LogP contribution in [-0.2, 0) is 6.54 Å². The van der Waals surface area contributed by atoms with E-state index in [-0.39, 0.29) is 11.0 Å². The molecule has 2 aromatic carbocycles. The number of aryl methyl sites for hydroxylation is 2. The van der Waals surface area contributed by atoms with Gasteiger partial charge in [-0.15, -0.1) is 10.2 Å². The maximum absolute atomic E-state index is 13.1. The Bertz CT molecular complexity index is 1190. The molecule has 1 unspecified atom stereocenters. The SMILES string of the molecule is Cc1ccc(C(=O)C(C)Sc2nnc(-c3ccncc3)n2Cc2ccccc2)cc1C. The molecule has 4 rings (SSSR count). The smallest absolute Gasteiger partial charge is 0.192 e. The molecule has 1 atom stereocenters. The van der Waals surface area contributed by atoms with Crippen LogP contribution in [-0.4, -0.2) is 30.8 Å². The van der Waals surface area contributed by atoms with Crippen LogP contribution >= 0.6 is 11.8 Å². The van der Waals surface area contributed by atoms with Crippen LogP contribution in [0.25, 0.3) is 11.4 Å². The monoisotopic (exact) mass is 428 g/mol. The molecule has 0 saturated heterocycles. The highest BCUT2D eigenvalue weighted by atomic mass is 32.2. The first-order chi connectivity index (χ1) is 15.0. The van der Waals surface area contributed by atoms with Crippen LogP contribution in [0.4, 0.5) is 0 Å². The van der Waals surface area contributed by atoms with Crippen molar-refractivity contribution < 1.29 is 4.79 Å². The van der Waals surface area contributed by atoms with E-state index in [0.717, 1.165) is 33.2 Å². The van der Waals surface area contributed by atoms with E-state index >= 15 is 0 Å². The molecule has 0 radical (unpaired) electrons.